The van der Waals surface area contributed by atoms with E-state index in [0.717, 1.165) is 53.6 Å². The molecule has 0 amide bonds. The van der Waals surface area contributed by atoms with Gasteiger partial charge in [-0.05, 0) is 18.2 Å². The second-order valence-corrected chi connectivity index (χ2v) is 7.14. The van der Waals surface area contributed by atoms with E-state index in [4.69, 9.17) is 14.2 Å². The first-order valence-electron chi connectivity index (χ1n) is 9.22. The molecule has 27 heavy (non-hydrogen) atoms. The summed E-state index contributed by atoms with van der Waals surface area (Å²) in [6.07, 6.45) is 0. The molecule has 0 saturated heterocycles. The molecule has 0 unspecified atom stereocenters. The number of benzene rings is 3. The van der Waals surface area contributed by atoms with Crippen LogP contribution in [0.2, 0.25) is 0 Å². The average Bonchev–Trinajstić information content (AvgIpc) is 2.66. The first-order valence-corrected chi connectivity index (χ1v) is 9.22. The lowest BCUT2D eigenvalue weighted by Gasteiger charge is -2.37. The van der Waals surface area contributed by atoms with Crippen LogP contribution in [-0.4, -0.2) is 10.9 Å². The van der Waals surface area contributed by atoms with Crippen LogP contribution in [0.4, 0.5) is 0 Å². The Labute approximate surface area is 158 Å². The summed E-state index contributed by atoms with van der Waals surface area (Å²) in [6, 6.07) is 24.3. The van der Waals surface area contributed by atoms with Gasteiger partial charge in [-0.15, -0.1) is 0 Å². The van der Waals surface area contributed by atoms with Crippen molar-refractivity contribution in [2.24, 2.45) is 0 Å². The van der Waals surface area contributed by atoms with Gasteiger partial charge in [0.2, 0.25) is 0 Å². The van der Waals surface area contributed by atoms with Crippen LogP contribution in [0, 0.1) is 0 Å². The van der Waals surface area contributed by atoms with Crippen LogP contribution in [0.15, 0.2) is 72.8 Å². The predicted octanol–water partition coefficient (Wildman–Crippen LogP) is 4.73. The molecule has 3 heterocycles. The lowest BCUT2D eigenvalue weighted by molar-refractivity contribution is -0.240. The molecule has 3 aliphatic rings. The van der Waals surface area contributed by atoms with E-state index in [1.807, 2.05) is 61.5 Å². The summed E-state index contributed by atoms with van der Waals surface area (Å²) in [4.78, 5) is 2.39. The predicted molar refractivity (Wildman–Crippen MR) is 103 cm³/mol. The van der Waals surface area contributed by atoms with Crippen molar-refractivity contribution >= 4 is 0 Å². The van der Waals surface area contributed by atoms with Gasteiger partial charge in [0.15, 0.2) is 0 Å². The Bertz CT molecular complexity index is 859. The fourth-order valence-corrected chi connectivity index (χ4v) is 3.75. The average molecular weight is 359 g/mol. The highest BCUT2D eigenvalue weighted by atomic mass is 16.9. The maximum absolute atomic E-state index is 6.33. The van der Waals surface area contributed by atoms with Gasteiger partial charge in [-0.2, -0.15) is 0 Å². The van der Waals surface area contributed by atoms with Gasteiger partial charge in [0.1, 0.15) is 17.2 Å². The van der Waals surface area contributed by atoms with Crippen LogP contribution >= 0.6 is 0 Å². The Morgan fingerprint density at radius 1 is 0.593 bits per heavy atom. The highest BCUT2D eigenvalue weighted by Gasteiger charge is 2.36. The van der Waals surface area contributed by atoms with E-state index in [1.54, 1.807) is 0 Å². The Morgan fingerprint density at radius 3 is 1.30 bits per heavy atom. The molecule has 4 nitrogen and oxygen atoms in total. The van der Waals surface area contributed by atoms with E-state index in [2.05, 4.69) is 23.1 Å². The van der Waals surface area contributed by atoms with Gasteiger partial charge < -0.3 is 14.2 Å². The fraction of sp³-hybridized carbons (Fsp3) is 0.217. The standard InChI is InChI=1S/C23H21NO3/c1-23-25-20-11-5-2-8-17(20)14-24(15-18-9-3-6-12-21(18)26-23)16-19-10-4-7-13-22(19)27-23/h2-13H,14-16H2,1H3. The largest absolute Gasteiger partial charge is 0.420 e. The van der Waals surface area contributed by atoms with Crippen molar-refractivity contribution in [2.45, 2.75) is 32.5 Å². The number of rotatable bonds is 0. The molecule has 0 saturated carbocycles. The number of nitrogens with zero attached hydrogens (tertiary/aromatic N) is 1. The Hall–Kier alpha value is -2.98. The van der Waals surface area contributed by atoms with E-state index in [-0.39, 0.29) is 0 Å². The first kappa shape index (κ1) is 16.2. The van der Waals surface area contributed by atoms with Crippen molar-refractivity contribution in [1.82, 2.24) is 4.90 Å². The van der Waals surface area contributed by atoms with Crippen molar-refractivity contribution in [1.29, 1.82) is 0 Å². The van der Waals surface area contributed by atoms with Crippen LogP contribution in [0.1, 0.15) is 23.6 Å². The summed E-state index contributed by atoms with van der Waals surface area (Å²) >= 11 is 0. The molecule has 3 aromatic carbocycles. The van der Waals surface area contributed by atoms with Crippen LogP contribution in [0.25, 0.3) is 0 Å². The third kappa shape index (κ3) is 3.13. The van der Waals surface area contributed by atoms with Crippen molar-refractivity contribution in [2.75, 3.05) is 0 Å². The summed E-state index contributed by atoms with van der Waals surface area (Å²) in [5.41, 5.74) is 3.36. The third-order valence-corrected chi connectivity index (χ3v) is 4.99. The van der Waals surface area contributed by atoms with E-state index in [0.29, 0.717) is 0 Å². The SMILES string of the molecule is CC12Oc3ccccc3CN(Cc3ccccc3O1)Cc1ccccc1O2. The summed E-state index contributed by atoms with van der Waals surface area (Å²) in [5, 5.41) is 0. The quantitative estimate of drug-likeness (QED) is 0.581. The van der Waals surface area contributed by atoms with Crippen LogP contribution in [-0.2, 0) is 19.6 Å². The topological polar surface area (TPSA) is 30.9 Å². The molecule has 6 rings (SSSR count). The summed E-state index contributed by atoms with van der Waals surface area (Å²) in [7, 11) is 0. The second kappa shape index (κ2) is 6.32. The zero-order valence-electron chi connectivity index (χ0n) is 15.2. The zero-order valence-corrected chi connectivity index (χ0v) is 15.2. The minimum atomic E-state index is -1.28. The van der Waals surface area contributed by atoms with Crippen molar-refractivity contribution in [3.8, 4) is 17.2 Å². The zero-order chi connectivity index (χ0) is 18.3. The van der Waals surface area contributed by atoms with Gasteiger partial charge in [-0.3, -0.25) is 4.90 Å². The lowest BCUT2D eigenvalue weighted by atomic mass is 10.1. The maximum Gasteiger partial charge on any atom is 0.414 e. The smallest absolute Gasteiger partial charge is 0.414 e. The molecule has 0 aromatic heterocycles. The molecule has 0 radical (unpaired) electrons. The van der Waals surface area contributed by atoms with E-state index in [1.165, 1.54) is 0 Å². The molecule has 4 heteroatoms. The molecule has 0 N–H and O–H groups in total. The second-order valence-electron chi connectivity index (χ2n) is 7.14. The van der Waals surface area contributed by atoms with Crippen molar-refractivity contribution in [3.05, 3.63) is 89.5 Å². The molecular formula is C23H21NO3. The van der Waals surface area contributed by atoms with E-state index >= 15 is 0 Å². The summed E-state index contributed by atoms with van der Waals surface area (Å²) in [5.74, 6) is 1.07. The van der Waals surface area contributed by atoms with Crippen molar-refractivity contribution < 1.29 is 14.2 Å². The molecule has 0 fully saturated rings. The van der Waals surface area contributed by atoms with Gasteiger partial charge >= 0.3 is 5.97 Å². The van der Waals surface area contributed by atoms with E-state index in [9.17, 15) is 0 Å². The lowest BCUT2D eigenvalue weighted by Crippen LogP contribution is -2.47. The number of hydrogen-bond donors (Lipinski definition) is 0. The van der Waals surface area contributed by atoms with Crippen LogP contribution < -0.4 is 14.2 Å². The van der Waals surface area contributed by atoms with Crippen molar-refractivity contribution in [3.63, 3.8) is 0 Å². The van der Waals surface area contributed by atoms with Crippen LogP contribution in [0.5, 0.6) is 17.2 Å². The molecule has 0 spiro atoms. The maximum atomic E-state index is 6.33. The van der Waals surface area contributed by atoms with Gasteiger partial charge in [0, 0.05) is 36.3 Å². The Morgan fingerprint density at radius 2 is 0.926 bits per heavy atom. The molecule has 3 aromatic rings. The minimum Gasteiger partial charge on any atom is -0.420 e. The molecule has 3 aliphatic heterocycles. The van der Waals surface area contributed by atoms with Gasteiger partial charge in [0.25, 0.3) is 0 Å². The molecular weight excluding hydrogens is 338 g/mol. The molecule has 2 bridgehead atoms. The highest BCUT2D eigenvalue weighted by Crippen LogP contribution is 2.36. The van der Waals surface area contributed by atoms with Gasteiger partial charge in [0.05, 0.1) is 6.92 Å². The third-order valence-electron chi connectivity index (χ3n) is 4.99. The summed E-state index contributed by atoms with van der Waals surface area (Å²) < 4.78 is 19.0. The van der Waals surface area contributed by atoms with Gasteiger partial charge in [-0.1, -0.05) is 54.6 Å². The van der Waals surface area contributed by atoms with Crippen LogP contribution in [0.3, 0.4) is 0 Å². The monoisotopic (exact) mass is 359 g/mol. The molecule has 136 valence electrons. The summed E-state index contributed by atoms with van der Waals surface area (Å²) in [6.45, 7) is 4.19. The molecule has 0 aliphatic carbocycles. The normalized spacial score (nSPS) is 23.2. The fourth-order valence-electron chi connectivity index (χ4n) is 3.75. The number of ether oxygens (including phenoxy) is 3. The van der Waals surface area contributed by atoms with Gasteiger partial charge in [-0.25, -0.2) is 0 Å². The Kier molecular flexibility index (Phi) is 3.80. The Balaban J connectivity index is 1.71. The van der Waals surface area contributed by atoms with E-state index < -0.39 is 5.97 Å². The number of para-hydroxylation sites is 3. The minimum absolute atomic E-state index is 0.781. The number of hydrogen-bond acceptors (Lipinski definition) is 4. The first-order chi connectivity index (χ1) is 13.2. The highest BCUT2D eigenvalue weighted by molar-refractivity contribution is 5.39. The molecule has 0 atom stereocenters.